The lowest BCUT2D eigenvalue weighted by atomic mass is 10.3. The van der Waals surface area contributed by atoms with Gasteiger partial charge in [-0.05, 0) is 0 Å². The number of halogens is 6. The summed E-state index contributed by atoms with van der Waals surface area (Å²) in [5, 5.41) is 0.327. The van der Waals surface area contributed by atoms with E-state index in [-0.39, 0.29) is 16.2 Å². The number of aromatic nitrogens is 2. The third-order valence-corrected chi connectivity index (χ3v) is 2.96. The molecule has 0 saturated heterocycles. The Hall–Kier alpha value is 0.120. The molecule has 0 aliphatic rings. The Morgan fingerprint density at radius 2 is 1.73 bits per heavy atom. The molecular weight excluding hydrogens is 364 g/mol. The Morgan fingerprint density at radius 1 is 1.13 bits per heavy atom. The molecule has 2 nitrogen and oxygen atoms in total. The highest BCUT2D eigenvalue weighted by Gasteiger charge is 2.35. The summed E-state index contributed by atoms with van der Waals surface area (Å²) in [5.74, 6) is -1.22. The van der Waals surface area contributed by atoms with E-state index in [4.69, 9.17) is 11.6 Å². The minimum atomic E-state index is -4.58. The maximum Gasteiger partial charge on any atom is 0.451 e. The Morgan fingerprint density at radius 3 is 2.13 bits per heavy atom. The minimum Gasteiger partial charge on any atom is -0.228 e. The standard InChI is InChI=1S/C7H4Br2ClF3N2/c8-1-3-4(2-9)14-6(7(11,12)13)15-5(3)10/h1-2H2. The van der Waals surface area contributed by atoms with Gasteiger partial charge in [0.1, 0.15) is 5.15 Å². The van der Waals surface area contributed by atoms with Crippen LogP contribution in [0.5, 0.6) is 0 Å². The van der Waals surface area contributed by atoms with Crippen molar-refractivity contribution in [2.24, 2.45) is 0 Å². The summed E-state index contributed by atoms with van der Waals surface area (Å²) in [4.78, 5) is 6.60. The summed E-state index contributed by atoms with van der Waals surface area (Å²) in [5.41, 5.74) is 0.695. The lowest BCUT2D eigenvalue weighted by molar-refractivity contribution is -0.145. The first-order valence-corrected chi connectivity index (χ1v) is 6.26. The molecule has 0 saturated carbocycles. The van der Waals surface area contributed by atoms with Gasteiger partial charge in [-0.2, -0.15) is 13.2 Å². The van der Waals surface area contributed by atoms with Crippen LogP contribution in [0.4, 0.5) is 13.2 Å². The van der Waals surface area contributed by atoms with Gasteiger partial charge in [0, 0.05) is 16.2 Å². The molecule has 0 bridgehead atoms. The van der Waals surface area contributed by atoms with Crippen molar-refractivity contribution in [2.45, 2.75) is 16.8 Å². The van der Waals surface area contributed by atoms with Gasteiger partial charge in [0.15, 0.2) is 0 Å². The Bertz CT molecular complexity index is 370. The molecule has 8 heteroatoms. The monoisotopic (exact) mass is 366 g/mol. The van der Waals surface area contributed by atoms with Crippen LogP contribution < -0.4 is 0 Å². The zero-order valence-electron chi connectivity index (χ0n) is 7.08. The van der Waals surface area contributed by atoms with Gasteiger partial charge in [0.25, 0.3) is 0 Å². The summed E-state index contributed by atoms with van der Waals surface area (Å²) < 4.78 is 36.9. The van der Waals surface area contributed by atoms with Crippen molar-refractivity contribution in [3.05, 3.63) is 22.2 Å². The molecule has 0 radical (unpaired) electrons. The maximum absolute atomic E-state index is 12.3. The molecule has 0 unspecified atom stereocenters. The van der Waals surface area contributed by atoms with Crippen LogP contribution in [0.2, 0.25) is 5.15 Å². The first-order chi connectivity index (χ1) is 6.90. The van der Waals surface area contributed by atoms with E-state index in [0.29, 0.717) is 10.9 Å². The highest BCUT2D eigenvalue weighted by Crippen LogP contribution is 2.30. The predicted octanol–water partition coefficient (Wildman–Crippen LogP) is 3.94. The molecule has 1 aromatic heterocycles. The zero-order valence-corrected chi connectivity index (χ0v) is 11.0. The number of alkyl halides is 5. The van der Waals surface area contributed by atoms with Crippen molar-refractivity contribution in [1.82, 2.24) is 9.97 Å². The quantitative estimate of drug-likeness (QED) is 0.584. The first kappa shape index (κ1) is 13.2. The molecule has 0 aliphatic heterocycles. The SMILES string of the molecule is FC(F)(F)c1nc(Cl)c(CBr)c(CBr)n1. The van der Waals surface area contributed by atoms with Gasteiger partial charge >= 0.3 is 6.18 Å². The van der Waals surface area contributed by atoms with E-state index in [2.05, 4.69) is 41.8 Å². The van der Waals surface area contributed by atoms with Crippen LogP contribution in [0.25, 0.3) is 0 Å². The van der Waals surface area contributed by atoms with E-state index in [1.54, 1.807) is 0 Å². The molecule has 1 rings (SSSR count). The summed E-state index contributed by atoms with van der Waals surface area (Å²) in [6, 6.07) is 0. The average molecular weight is 368 g/mol. The van der Waals surface area contributed by atoms with E-state index in [1.807, 2.05) is 0 Å². The molecule has 0 spiro atoms. The van der Waals surface area contributed by atoms with Crippen LogP contribution >= 0.6 is 43.5 Å². The lowest BCUT2D eigenvalue weighted by Gasteiger charge is -2.10. The first-order valence-electron chi connectivity index (χ1n) is 3.64. The average Bonchev–Trinajstić information content (AvgIpc) is 2.15. The van der Waals surface area contributed by atoms with Crippen molar-refractivity contribution in [3.63, 3.8) is 0 Å². The molecule has 0 aliphatic carbocycles. The van der Waals surface area contributed by atoms with E-state index in [9.17, 15) is 13.2 Å². The molecule has 84 valence electrons. The van der Waals surface area contributed by atoms with Crippen molar-refractivity contribution in [3.8, 4) is 0 Å². The van der Waals surface area contributed by atoms with E-state index < -0.39 is 12.0 Å². The molecule has 0 fully saturated rings. The molecular formula is C7H4Br2ClF3N2. The van der Waals surface area contributed by atoms with Crippen molar-refractivity contribution in [2.75, 3.05) is 0 Å². The van der Waals surface area contributed by atoms with E-state index in [1.165, 1.54) is 0 Å². The fraction of sp³-hybridized carbons (Fsp3) is 0.429. The van der Waals surface area contributed by atoms with Gasteiger partial charge in [-0.3, -0.25) is 0 Å². The highest BCUT2D eigenvalue weighted by atomic mass is 79.9. The lowest BCUT2D eigenvalue weighted by Crippen LogP contribution is -2.14. The van der Waals surface area contributed by atoms with Crippen LogP contribution in [0, 0.1) is 0 Å². The summed E-state index contributed by atoms with van der Waals surface area (Å²) in [7, 11) is 0. The number of nitrogens with zero attached hydrogens (tertiary/aromatic N) is 2. The van der Waals surface area contributed by atoms with Gasteiger partial charge in [-0.1, -0.05) is 43.5 Å². The van der Waals surface area contributed by atoms with Gasteiger partial charge < -0.3 is 0 Å². The topological polar surface area (TPSA) is 25.8 Å². The van der Waals surface area contributed by atoms with Gasteiger partial charge in [-0.25, -0.2) is 9.97 Å². The molecule has 0 aromatic carbocycles. The number of hydrogen-bond acceptors (Lipinski definition) is 2. The molecule has 1 aromatic rings. The summed E-state index contributed by atoms with van der Waals surface area (Å²) >= 11 is 11.8. The minimum absolute atomic E-state index is 0.177. The summed E-state index contributed by atoms with van der Waals surface area (Å²) in [6.07, 6.45) is -4.58. The molecule has 1 heterocycles. The van der Waals surface area contributed by atoms with Gasteiger partial charge in [0.2, 0.25) is 5.82 Å². The fourth-order valence-electron chi connectivity index (χ4n) is 0.869. The second kappa shape index (κ2) is 4.97. The highest BCUT2D eigenvalue weighted by molar-refractivity contribution is 9.09. The van der Waals surface area contributed by atoms with Crippen LogP contribution in [-0.2, 0) is 16.8 Å². The third-order valence-electron chi connectivity index (χ3n) is 1.56. The van der Waals surface area contributed by atoms with Crippen molar-refractivity contribution < 1.29 is 13.2 Å². The third kappa shape index (κ3) is 3.04. The van der Waals surface area contributed by atoms with Crippen molar-refractivity contribution in [1.29, 1.82) is 0 Å². The second-order valence-electron chi connectivity index (χ2n) is 2.53. The van der Waals surface area contributed by atoms with Crippen LogP contribution in [-0.4, -0.2) is 9.97 Å². The Labute approximate surface area is 106 Å². The summed E-state index contributed by atoms with van der Waals surface area (Å²) in [6.45, 7) is 0. The molecule has 0 atom stereocenters. The molecule has 15 heavy (non-hydrogen) atoms. The van der Waals surface area contributed by atoms with Crippen LogP contribution in [0.1, 0.15) is 17.1 Å². The van der Waals surface area contributed by atoms with E-state index >= 15 is 0 Å². The second-order valence-corrected chi connectivity index (χ2v) is 4.01. The van der Waals surface area contributed by atoms with Crippen LogP contribution in [0.3, 0.4) is 0 Å². The largest absolute Gasteiger partial charge is 0.451 e. The Kier molecular flexibility index (Phi) is 4.37. The normalized spacial score (nSPS) is 11.9. The zero-order chi connectivity index (χ0) is 11.6. The Balaban J connectivity index is 3.32. The molecule has 0 N–H and O–H groups in total. The number of hydrogen-bond donors (Lipinski definition) is 0. The maximum atomic E-state index is 12.3. The fourth-order valence-corrected chi connectivity index (χ4v) is 2.34. The smallest absolute Gasteiger partial charge is 0.228 e. The number of rotatable bonds is 2. The van der Waals surface area contributed by atoms with E-state index in [0.717, 1.165) is 0 Å². The van der Waals surface area contributed by atoms with Crippen LogP contribution in [0.15, 0.2) is 0 Å². The predicted molar refractivity (Wildman–Crippen MR) is 57.3 cm³/mol. The van der Waals surface area contributed by atoms with Crippen molar-refractivity contribution >= 4 is 43.5 Å². The van der Waals surface area contributed by atoms with Gasteiger partial charge in [-0.15, -0.1) is 0 Å². The molecule has 0 amide bonds. The van der Waals surface area contributed by atoms with Gasteiger partial charge in [0.05, 0.1) is 5.69 Å².